The van der Waals surface area contributed by atoms with Crippen LogP contribution in [0.4, 0.5) is 0 Å². The topological polar surface area (TPSA) is 0 Å². The molecule has 0 nitrogen and oxygen atoms in total. The Morgan fingerprint density at radius 1 is 0.298 bits per heavy atom. The number of benzene rings is 9. The number of hydrogen-bond acceptors (Lipinski definition) is 1. The third kappa shape index (κ3) is 4.07. The molecule has 1 heterocycles. The number of fused-ring (bicyclic) bond motifs is 8. The van der Waals surface area contributed by atoms with Crippen molar-refractivity contribution in [3.8, 4) is 33.4 Å². The summed E-state index contributed by atoms with van der Waals surface area (Å²) in [5.41, 5.74) is 7.58. The Bertz CT molecular complexity index is 2800. The monoisotopic (exact) mass is 612 g/mol. The van der Waals surface area contributed by atoms with E-state index in [2.05, 4.69) is 170 Å². The summed E-state index contributed by atoms with van der Waals surface area (Å²) < 4.78 is 2.70. The minimum atomic E-state index is 1.24. The van der Waals surface area contributed by atoms with Crippen molar-refractivity contribution < 1.29 is 0 Å². The van der Waals surface area contributed by atoms with Gasteiger partial charge in [0.2, 0.25) is 0 Å². The molecule has 1 aromatic heterocycles. The van der Waals surface area contributed by atoms with Crippen LogP contribution >= 0.6 is 11.3 Å². The Morgan fingerprint density at radius 3 is 1.53 bits per heavy atom. The number of thiophene rings is 1. The summed E-state index contributed by atoms with van der Waals surface area (Å²) >= 11 is 1.90. The van der Waals surface area contributed by atoms with E-state index in [1.807, 2.05) is 11.3 Å². The molecule has 0 aliphatic carbocycles. The fourth-order valence-electron chi connectivity index (χ4n) is 7.72. The van der Waals surface area contributed by atoms with Crippen molar-refractivity contribution in [1.82, 2.24) is 0 Å². The van der Waals surface area contributed by atoms with Crippen molar-refractivity contribution in [3.05, 3.63) is 170 Å². The van der Waals surface area contributed by atoms with Crippen molar-refractivity contribution in [2.45, 2.75) is 0 Å². The van der Waals surface area contributed by atoms with E-state index in [-0.39, 0.29) is 0 Å². The lowest BCUT2D eigenvalue weighted by Gasteiger charge is -2.18. The quantitative estimate of drug-likeness (QED) is 0.174. The van der Waals surface area contributed by atoms with Gasteiger partial charge in [-0.05, 0) is 95.3 Å². The van der Waals surface area contributed by atoms with Gasteiger partial charge in [0.25, 0.3) is 0 Å². The molecule has 10 aromatic rings. The molecule has 0 aliphatic heterocycles. The van der Waals surface area contributed by atoms with Gasteiger partial charge < -0.3 is 0 Å². The van der Waals surface area contributed by atoms with E-state index in [1.165, 1.54) is 96.6 Å². The second-order valence-electron chi connectivity index (χ2n) is 12.4. The number of hydrogen-bond donors (Lipinski definition) is 0. The van der Waals surface area contributed by atoms with Gasteiger partial charge in [0, 0.05) is 25.6 Å². The molecule has 0 saturated heterocycles. The largest absolute Gasteiger partial charge is 0.135 e. The summed E-state index contributed by atoms with van der Waals surface area (Å²) in [6.07, 6.45) is 0. The Balaban J connectivity index is 1.25. The Labute approximate surface area is 276 Å². The third-order valence-corrected chi connectivity index (χ3v) is 11.0. The van der Waals surface area contributed by atoms with Crippen LogP contribution in [0.5, 0.6) is 0 Å². The second-order valence-corrected chi connectivity index (χ2v) is 13.5. The second kappa shape index (κ2) is 10.4. The minimum Gasteiger partial charge on any atom is -0.135 e. The fraction of sp³-hybridized carbons (Fsp3) is 0. The molecule has 0 bridgehead atoms. The Kier molecular flexibility index (Phi) is 5.85. The van der Waals surface area contributed by atoms with Gasteiger partial charge in [-0.15, -0.1) is 11.3 Å². The van der Waals surface area contributed by atoms with Crippen LogP contribution < -0.4 is 0 Å². The van der Waals surface area contributed by atoms with Crippen LogP contribution in [-0.4, -0.2) is 0 Å². The minimum absolute atomic E-state index is 1.24. The Morgan fingerprint density at radius 2 is 0.830 bits per heavy atom. The predicted octanol–water partition coefficient (Wildman–Crippen LogP) is 13.7. The highest BCUT2D eigenvalue weighted by Gasteiger charge is 2.18. The normalized spacial score (nSPS) is 11.8. The summed E-state index contributed by atoms with van der Waals surface area (Å²) in [4.78, 5) is 0. The molecule has 0 aliphatic rings. The molecule has 47 heavy (non-hydrogen) atoms. The van der Waals surface area contributed by atoms with Crippen molar-refractivity contribution in [2.24, 2.45) is 0 Å². The highest BCUT2D eigenvalue weighted by molar-refractivity contribution is 7.26. The average Bonchev–Trinajstić information content (AvgIpc) is 3.52. The highest BCUT2D eigenvalue weighted by Crippen LogP contribution is 2.46. The van der Waals surface area contributed by atoms with Gasteiger partial charge >= 0.3 is 0 Å². The zero-order valence-corrected chi connectivity index (χ0v) is 26.4. The van der Waals surface area contributed by atoms with Crippen LogP contribution in [0.3, 0.4) is 0 Å². The molecule has 0 saturated carbocycles. The maximum atomic E-state index is 2.43. The summed E-state index contributed by atoms with van der Waals surface area (Å²) in [6.45, 7) is 0. The summed E-state index contributed by atoms with van der Waals surface area (Å²) in [7, 11) is 0. The van der Waals surface area contributed by atoms with E-state index in [0.717, 1.165) is 0 Å². The van der Waals surface area contributed by atoms with E-state index in [0.29, 0.717) is 0 Å². The molecule has 0 fully saturated rings. The molecule has 0 unspecified atom stereocenters. The SMILES string of the molecule is c1cc(-c2c3ccccc3c(-c3ccc4ccccc4c3)c3ccccc23)cc(-c2cc3c4ccccc4sc3c3ccccc23)c1. The first-order valence-corrected chi connectivity index (χ1v) is 17.0. The van der Waals surface area contributed by atoms with Crippen molar-refractivity contribution in [3.63, 3.8) is 0 Å². The molecule has 0 spiro atoms. The van der Waals surface area contributed by atoms with Crippen LogP contribution in [0.25, 0.3) is 96.6 Å². The third-order valence-electron chi connectivity index (χ3n) is 9.82. The molecule has 0 radical (unpaired) electrons. The molecule has 0 N–H and O–H groups in total. The van der Waals surface area contributed by atoms with Gasteiger partial charge in [0.1, 0.15) is 0 Å². The van der Waals surface area contributed by atoms with E-state index >= 15 is 0 Å². The molecule has 9 aromatic carbocycles. The maximum absolute atomic E-state index is 2.43. The molecular formula is C46H28S. The van der Waals surface area contributed by atoms with Crippen LogP contribution in [0.15, 0.2) is 170 Å². The highest BCUT2D eigenvalue weighted by atomic mass is 32.1. The van der Waals surface area contributed by atoms with Gasteiger partial charge in [-0.25, -0.2) is 0 Å². The maximum Gasteiger partial charge on any atom is 0.0434 e. The van der Waals surface area contributed by atoms with Crippen LogP contribution in [-0.2, 0) is 0 Å². The van der Waals surface area contributed by atoms with Gasteiger partial charge in [0.05, 0.1) is 0 Å². The van der Waals surface area contributed by atoms with E-state index < -0.39 is 0 Å². The zero-order valence-electron chi connectivity index (χ0n) is 25.6. The molecule has 0 amide bonds. The van der Waals surface area contributed by atoms with Crippen molar-refractivity contribution in [2.75, 3.05) is 0 Å². The zero-order chi connectivity index (χ0) is 30.9. The van der Waals surface area contributed by atoms with Crippen LogP contribution in [0.1, 0.15) is 0 Å². The van der Waals surface area contributed by atoms with Crippen LogP contribution in [0.2, 0.25) is 0 Å². The molecule has 218 valence electrons. The van der Waals surface area contributed by atoms with Gasteiger partial charge in [-0.3, -0.25) is 0 Å². The molecular weight excluding hydrogens is 585 g/mol. The summed E-state index contributed by atoms with van der Waals surface area (Å²) in [5, 5.41) is 12.9. The Hall–Kier alpha value is -5.76. The first-order chi connectivity index (χ1) is 23.3. The molecule has 1 heteroatoms. The first kappa shape index (κ1) is 26.5. The summed E-state index contributed by atoms with van der Waals surface area (Å²) in [6, 6.07) is 62.7. The van der Waals surface area contributed by atoms with Crippen molar-refractivity contribution >= 4 is 74.6 Å². The van der Waals surface area contributed by atoms with E-state index in [1.54, 1.807) is 0 Å². The first-order valence-electron chi connectivity index (χ1n) is 16.2. The lowest BCUT2D eigenvalue weighted by Crippen LogP contribution is -1.91. The van der Waals surface area contributed by atoms with E-state index in [9.17, 15) is 0 Å². The number of rotatable bonds is 3. The molecule has 0 atom stereocenters. The van der Waals surface area contributed by atoms with Gasteiger partial charge in [-0.1, -0.05) is 146 Å². The average molecular weight is 613 g/mol. The predicted molar refractivity (Wildman–Crippen MR) is 206 cm³/mol. The fourth-order valence-corrected chi connectivity index (χ4v) is 8.94. The van der Waals surface area contributed by atoms with Gasteiger partial charge in [-0.2, -0.15) is 0 Å². The lowest BCUT2D eigenvalue weighted by molar-refractivity contribution is 1.64. The molecule has 10 rings (SSSR count). The van der Waals surface area contributed by atoms with Crippen molar-refractivity contribution in [1.29, 1.82) is 0 Å². The standard InChI is InChI=1S/C46H28S/c1-2-13-30-26-33(25-24-29(30)12-1)45-38-20-6-4-18-36(38)44(37-19-5-7-21-39(37)45)32-15-11-14-31(27-32)41-28-42-35-17-9-10-23-43(35)47-46(42)40-22-8-3-16-34(40)41/h1-28H. The smallest absolute Gasteiger partial charge is 0.0434 e. The lowest BCUT2D eigenvalue weighted by atomic mass is 9.85. The summed E-state index contributed by atoms with van der Waals surface area (Å²) in [5.74, 6) is 0. The van der Waals surface area contributed by atoms with Gasteiger partial charge in [0.15, 0.2) is 0 Å². The van der Waals surface area contributed by atoms with E-state index in [4.69, 9.17) is 0 Å². The van der Waals surface area contributed by atoms with Crippen LogP contribution in [0, 0.1) is 0 Å².